The van der Waals surface area contributed by atoms with Crippen LogP contribution < -0.4 is 14.8 Å². The van der Waals surface area contributed by atoms with Crippen LogP contribution in [-0.2, 0) is 6.54 Å². The molecule has 3 aromatic rings. The molecule has 5 nitrogen and oxygen atoms in total. The van der Waals surface area contributed by atoms with Gasteiger partial charge < -0.3 is 14.8 Å². The van der Waals surface area contributed by atoms with Gasteiger partial charge in [0, 0.05) is 18.2 Å². The molecule has 122 valence electrons. The Kier molecular flexibility index (Phi) is 4.91. The summed E-state index contributed by atoms with van der Waals surface area (Å²) in [6.45, 7) is 0.679. The van der Waals surface area contributed by atoms with E-state index in [4.69, 9.17) is 9.47 Å². The van der Waals surface area contributed by atoms with E-state index in [1.807, 2.05) is 54.6 Å². The van der Waals surface area contributed by atoms with Crippen LogP contribution in [0.4, 0.5) is 5.82 Å². The van der Waals surface area contributed by atoms with Crippen molar-refractivity contribution in [2.75, 3.05) is 19.5 Å². The number of benzene rings is 2. The monoisotopic (exact) mass is 321 g/mol. The number of ether oxygens (including phenoxy) is 2. The number of nitrogens with one attached hydrogen (secondary N) is 1. The molecule has 0 atom stereocenters. The van der Waals surface area contributed by atoms with Crippen LogP contribution in [-0.4, -0.2) is 24.2 Å². The standard InChI is InChI=1S/C19H19N3O2/c1-23-16-8-6-14(7-9-16)12-20-19-11-18(21-13-22-19)15-4-3-5-17(10-15)24-2/h3-11,13H,12H2,1-2H3,(H,20,21,22). The van der Waals surface area contributed by atoms with E-state index >= 15 is 0 Å². The van der Waals surface area contributed by atoms with Crippen LogP contribution in [0.1, 0.15) is 5.56 Å². The smallest absolute Gasteiger partial charge is 0.130 e. The number of methoxy groups -OCH3 is 2. The second-order valence-electron chi connectivity index (χ2n) is 5.22. The molecule has 1 N–H and O–H groups in total. The highest BCUT2D eigenvalue weighted by Gasteiger charge is 2.04. The summed E-state index contributed by atoms with van der Waals surface area (Å²) in [4.78, 5) is 8.62. The molecule has 0 saturated heterocycles. The van der Waals surface area contributed by atoms with E-state index in [1.165, 1.54) is 0 Å². The normalized spacial score (nSPS) is 10.2. The van der Waals surface area contributed by atoms with Crippen LogP contribution in [0, 0.1) is 0 Å². The molecular weight excluding hydrogens is 302 g/mol. The van der Waals surface area contributed by atoms with E-state index in [2.05, 4.69) is 15.3 Å². The van der Waals surface area contributed by atoms with Crippen molar-refractivity contribution in [2.45, 2.75) is 6.54 Å². The Balaban J connectivity index is 1.72. The van der Waals surface area contributed by atoms with Crippen LogP contribution in [0.25, 0.3) is 11.3 Å². The summed E-state index contributed by atoms with van der Waals surface area (Å²) in [5, 5.41) is 3.31. The maximum atomic E-state index is 5.26. The molecule has 0 fully saturated rings. The highest BCUT2D eigenvalue weighted by atomic mass is 16.5. The third-order valence-electron chi connectivity index (χ3n) is 3.67. The van der Waals surface area contributed by atoms with Gasteiger partial charge in [-0.2, -0.15) is 0 Å². The first-order valence-corrected chi connectivity index (χ1v) is 7.62. The average Bonchev–Trinajstić information content (AvgIpc) is 2.67. The number of aromatic nitrogens is 2. The van der Waals surface area contributed by atoms with Gasteiger partial charge in [0.15, 0.2) is 0 Å². The van der Waals surface area contributed by atoms with Crippen molar-refractivity contribution in [3.05, 3.63) is 66.5 Å². The summed E-state index contributed by atoms with van der Waals surface area (Å²) in [5.41, 5.74) is 2.99. The zero-order valence-corrected chi connectivity index (χ0v) is 13.7. The molecule has 0 radical (unpaired) electrons. The number of nitrogens with zero attached hydrogens (tertiary/aromatic N) is 2. The van der Waals surface area contributed by atoms with Gasteiger partial charge in [-0.15, -0.1) is 0 Å². The molecule has 0 aliphatic carbocycles. The van der Waals surface area contributed by atoms with E-state index in [9.17, 15) is 0 Å². The number of anilines is 1. The molecule has 0 aliphatic heterocycles. The molecule has 0 aliphatic rings. The van der Waals surface area contributed by atoms with Gasteiger partial charge in [0.05, 0.1) is 19.9 Å². The van der Waals surface area contributed by atoms with Crippen LogP contribution in [0.5, 0.6) is 11.5 Å². The lowest BCUT2D eigenvalue weighted by Crippen LogP contribution is -2.02. The molecule has 5 heteroatoms. The van der Waals surface area contributed by atoms with Gasteiger partial charge in [-0.1, -0.05) is 24.3 Å². The average molecular weight is 321 g/mol. The first-order chi connectivity index (χ1) is 11.8. The van der Waals surface area contributed by atoms with Gasteiger partial charge in [0.25, 0.3) is 0 Å². The summed E-state index contributed by atoms with van der Waals surface area (Å²) in [6.07, 6.45) is 1.56. The molecule has 24 heavy (non-hydrogen) atoms. The van der Waals surface area contributed by atoms with E-state index in [-0.39, 0.29) is 0 Å². The summed E-state index contributed by atoms with van der Waals surface area (Å²) in [5.74, 6) is 2.43. The predicted molar refractivity (Wildman–Crippen MR) is 94.3 cm³/mol. The lowest BCUT2D eigenvalue weighted by molar-refractivity contribution is 0.414. The Morgan fingerprint density at radius 2 is 1.67 bits per heavy atom. The second kappa shape index (κ2) is 7.46. The predicted octanol–water partition coefficient (Wildman–Crippen LogP) is 3.77. The highest BCUT2D eigenvalue weighted by Crippen LogP contribution is 2.23. The molecule has 3 rings (SSSR count). The number of rotatable bonds is 6. The summed E-state index contributed by atoms with van der Waals surface area (Å²) in [7, 11) is 3.31. The Morgan fingerprint density at radius 3 is 2.42 bits per heavy atom. The molecule has 0 amide bonds. The fourth-order valence-corrected chi connectivity index (χ4v) is 2.33. The number of hydrogen-bond acceptors (Lipinski definition) is 5. The van der Waals surface area contributed by atoms with Gasteiger partial charge in [-0.25, -0.2) is 9.97 Å². The summed E-state index contributed by atoms with van der Waals surface area (Å²) < 4.78 is 10.4. The van der Waals surface area contributed by atoms with Crippen molar-refractivity contribution < 1.29 is 9.47 Å². The van der Waals surface area contributed by atoms with Crippen molar-refractivity contribution in [1.29, 1.82) is 0 Å². The minimum absolute atomic E-state index is 0.679. The molecule has 0 bridgehead atoms. The van der Waals surface area contributed by atoms with E-state index in [0.717, 1.165) is 34.1 Å². The lowest BCUT2D eigenvalue weighted by Gasteiger charge is -2.08. The Labute approximate surface area is 141 Å². The Hall–Kier alpha value is -3.08. The quantitative estimate of drug-likeness (QED) is 0.749. The number of hydrogen-bond donors (Lipinski definition) is 1. The van der Waals surface area contributed by atoms with Crippen LogP contribution in [0.3, 0.4) is 0 Å². The first kappa shape index (κ1) is 15.8. The van der Waals surface area contributed by atoms with Gasteiger partial charge in [0.2, 0.25) is 0 Å². The molecule has 1 aromatic heterocycles. The Morgan fingerprint density at radius 1 is 0.875 bits per heavy atom. The molecular formula is C19H19N3O2. The maximum Gasteiger partial charge on any atom is 0.130 e. The topological polar surface area (TPSA) is 56.3 Å². The molecule has 1 heterocycles. The molecule has 0 saturated carbocycles. The molecule has 0 spiro atoms. The molecule has 0 unspecified atom stereocenters. The third-order valence-corrected chi connectivity index (χ3v) is 3.67. The van der Waals surface area contributed by atoms with Crippen molar-refractivity contribution in [2.24, 2.45) is 0 Å². The zero-order chi connectivity index (χ0) is 16.8. The summed E-state index contributed by atoms with van der Waals surface area (Å²) >= 11 is 0. The second-order valence-corrected chi connectivity index (χ2v) is 5.22. The highest BCUT2D eigenvalue weighted by molar-refractivity contribution is 5.63. The Bertz CT molecular complexity index is 804. The van der Waals surface area contributed by atoms with Gasteiger partial charge in [-0.05, 0) is 29.8 Å². The van der Waals surface area contributed by atoms with Crippen LogP contribution >= 0.6 is 0 Å². The SMILES string of the molecule is COc1ccc(CNc2cc(-c3cccc(OC)c3)ncn2)cc1. The van der Waals surface area contributed by atoms with E-state index < -0.39 is 0 Å². The maximum absolute atomic E-state index is 5.26. The minimum Gasteiger partial charge on any atom is -0.497 e. The summed E-state index contributed by atoms with van der Waals surface area (Å²) in [6, 6.07) is 17.7. The van der Waals surface area contributed by atoms with Gasteiger partial charge in [-0.3, -0.25) is 0 Å². The van der Waals surface area contributed by atoms with Gasteiger partial charge in [0.1, 0.15) is 23.6 Å². The van der Waals surface area contributed by atoms with Crippen molar-refractivity contribution in [1.82, 2.24) is 9.97 Å². The molecule has 2 aromatic carbocycles. The fraction of sp³-hybridized carbons (Fsp3) is 0.158. The van der Waals surface area contributed by atoms with Crippen molar-refractivity contribution in [3.8, 4) is 22.8 Å². The fourth-order valence-electron chi connectivity index (χ4n) is 2.33. The van der Waals surface area contributed by atoms with Crippen molar-refractivity contribution in [3.63, 3.8) is 0 Å². The lowest BCUT2D eigenvalue weighted by atomic mass is 10.1. The van der Waals surface area contributed by atoms with Crippen LogP contribution in [0.15, 0.2) is 60.9 Å². The largest absolute Gasteiger partial charge is 0.497 e. The van der Waals surface area contributed by atoms with E-state index in [1.54, 1.807) is 20.5 Å². The zero-order valence-electron chi connectivity index (χ0n) is 13.7. The van der Waals surface area contributed by atoms with Crippen LogP contribution in [0.2, 0.25) is 0 Å². The van der Waals surface area contributed by atoms with E-state index in [0.29, 0.717) is 6.54 Å². The van der Waals surface area contributed by atoms with Gasteiger partial charge >= 0.3 is 0 Å². The first-order valence-electron chi connectivity index (χ1n) is 7.62. The van der Waals surface area contributed by atoms with Crippen molar-refractivity contribution >= 4 is 5.82 Å². The third kappa shape index (κ3) is 3.81. The minimum atomic E-state index is 0.679.